The summed E-state index contributed by atoms with van der Waals surface area (Å²) in [4.78, 5) is -0.00426. The van der Waals surface area contributed by atoms with E-state index in [4.69, 9.17) is 0 Å². The molecule has 4 rings (SSSR count). The topological polar surface area (TPSA) is 67.2 Å². The van der Waals surface area contributed by atoms with Crippen molar-refractivity contribution in [2.75, 3.05) is 13.1 Å². The summed E-state index contributed by atoms with van der Waals surface area (Å²) in [6, 6.07) is 4.61. The number of nitrogens with one attached hydrogen (secondary N) is 1. The van der Waals surface area contributed by atoms with E-state index in [0.29, 0.717) is 19.1 Å². The van der Waals surface area contributed by atoms with Gasteiger partial charge in [-0.15, -0.1) is 12.4 Å². The molecule has 3 heterocycles. The number of nitrogens with zero attached hydrogens (tertiary/aromatic N) is 3. The molecule has 1 aromatic carbocycles. The third-order valence-corrected chi connectivity index (χ3v) is 6.86. The fourth-order valence-electron chi connectivity index (χ4n) is 3.66. The van der Waals surface area contributed by atoms with Crippen LogP contribution in [0.3, 0.4) is 0 Å². The minimum Gasteiger partial charge on any atom is -0.310 e. The normalized spacial score (nSPS) is 23.5. The highest BCUT2D eigenvalue weighted by Crippen LogP contribution is 2.26. The third kappa shape index (κ3) is 3.51. The first-order chi connectivity index (χ1) is 11.9. The van der Waals surface area contributed by atoms with E-state index in [-0.39, 0.29) is 29.0 Å². The van der Waals surface area contributed by atoms with Gasteiger partial charge in [0.2, 0.25) is 10.0 Å². The Hall–Kier alpha value is -1.48. The molecule has 0 amide bonds. The monoisotopic (exact) mass is 400 g/mol. The van der Waals surface area contributed by atoms with Gasteiger partial charge < -0.3 is 5.32 Å². The van der Waals surface area contributed by atoms with Crippen LogP contribution in [0.2, 0.25) is 0 Å². The van der Waals surface area contributed by atoms with Crippen molar-refractivity contribution in [1.29, 1.82) is 0 Å². The Bertz CT molecular complexity index is 902. The highest BCUT2D eigenvalue weighted by atomic mass is 35.5. The van der Waals surface area contributed by atoms with E-state index in [2.05, 4.69) is 10.4 Å². The van der Waals surface area contributed by atoms with Gasteiger partial charge in [-0.05, 0) is 49.9 Å². The molecule has 26 heavy (non-hydrogen) atoms. The Kier molecular flexibility index (Phi) is 5.39. The van der Waals surface area contributed by atoms with Crippen molar-refractivity contribution in [3.05, 3.63) is 42.0 Å². The Balaban J connectivity index is 0.00000196. The average molecular weight is 401 g/mol. The molecule has 2 aliphatic rings. The van der Waals surface area contributed by atoms with E-state index >= 15 is 0 Å². The molecule has 9 heteroatoms. The van der Waals surface area contributed by atoms with E-state index < -0.39 is 15.8 Å². The second kappa shape index (κ2) is 7.26. The Morgan fingerprint density at radius 2 is 2.00 bits per heavy atom. The fourth-order valence-corrected chi connectivity index (χ4v) is 5.17. The van der Waals surface area contributed by atoms with Gasteiger partial charge in [0.25, 0.3) is 0 Å². The minimum atomic E-state index is -3.70. The molecule has 0 aliphatic carbocycles. The highest BCUT2D eigenvalue weighted by Gasteiger charge is 2.35. The van der Waals surface area contributed by atoms with Crippen molar-refractivity contribution in [3.8, 4) is 5.69 Å². The van der Waals surface area contributed by atoms with Crippen LogP contribution in [0.25, 0.3) is 5.69 Å². The van der Waals surface area contributed by atoms with Crippen LogP contribution in [-0.4, -0.2) is 47.7 Å². The zero-order valence-corrected chi connectivity index (χ0v) is 16.1. The number of hydrogen-bond acceptors (Lipinski definition) is 4. The zero-order chi connectivity index (χ0) is 17.6. The number of aromatic nitrogens is 2. The summed E-state index contributed by atoms with van der Waals surface area (Å²) in [5.41, 5.74) is 1.15. The molecule has 1 N–H and O–H groups in total. The van der Waals surface area contributed by atoms with Gasteiger partial charge in [-0.2, -0.15) is 9.40 Å². The lowest BCUT2D eigenvalue weighted by Gasteiger charge is -2.23. The molecule has 2 aliphatic heterocycles. The third-order valence-electron chi connectivity index (χ3n) is 5.00. The molecular formula is C17H22ClFN4O2S. The van der Waals surface area contributed by atoms with Crippen LogP contribution in [0.4, 0.5) is 4.39 Å². The van der Waals surface area contributed by atoms with Crippen LogP contribution in [0.15, 0.2) is 35.5 Å². The predicted octanol–water partition coefficient (Wildman–Crippen LogP) is 2.26. The Labute approximate surface area is 158 Å². The molecule has 0 radical (unpaired) electrons. The van der Waals surface area contributed by atoms with E-state index in [1.165, 1.54) is 21.1 Å². The zero-order valence-electron chi connectivity index (χ0n) is 14.4. The second-order valence-corrected chi connectivity index (χ2v) is 8.80. The maximum Gasteiger partial charge on any atom is 0.243 e. The van der Waals surface area contributed by atoms with Crippen LogP contribution in [0.5, 0.6) is 0 Å². The van der Waals surface area contributed by atoms with Gasteiger partial charge >= 0.3 is 0 Å². The molecule has 2 aromatic rings. The summed E-state index contributed by atoms with van der Waals surface area (Å²) in [6.45, 7) is 2.78. The van der Waals surface area contributed by atoms with Crippen LogP contribution in [0.1, 0.15) is 24.8 Å². The SMILES string of the molecule is Cc1cnn(-c2ccc(S(=O)(=O)N3CCC4CCC(C3)N4)cc2F)c1.Cl. The number of halogens is 2. The molecule has 2 atom stereocenters. The lowest BCUT2D eigenvalue weighted by molar-refractivity contribution is 0.383. The molecule has 2 bridgehead atoms. The van der Waals surface area contributed by atoms with E-state index in [0.717, 1.165) is 30.9 Å². The predicted molar refractivity (Wildman–Crippen MR) is 98.8 cm³/mol. The molecule has 1 aromatic heterocycles. The number of aryl methyl sites for hydroxylation is 1. The quantitative estimate of drug-likeness (QED) is 0.858. The van der Waals surface area contributed by atoms with Gasteiger partial charge in [0.05, 0.1) is 11.1 Å². The Morgan fingerprint density at radius 3 is 2.69 bits per heavy atom. The van der Waals surface area contributed by atoms with Crippen LogP contribution >= 0.6 is 12.4 Å². The summed E-state index contributed by atoms with van der Waals surface area (Å²) >= 11 is 0. The molecular weight excluding hydrogens is 379 g/mol. The smallest absolute Gasteiger partial charge is 0.243 e. The van der Waals surface area contributed by atoms with Crippen LogP contribution in [-0.2, 0) is 10.0 Å². The first-order valence-electron chi connectivity index (χ1n) is 8.51. The van der Waals surface area contributed by atoms with Gasteiger partial charge in [0.1, 0.15) is 11.5 Å². The van der Waals surface area contributed by atoms with Crippen LogP contribution in [0, 0.1) is 12.7 Å². The molecule has 2 saturated heterocycles. The number of benzene rings is 1. The maximum atomic E-state index is 14.5. The lowest BCUT2D eigenvalue weighted by atomic mass is 10.1. The summed E-state index contributed by atoms with van der Waals surface area (Å²) < 4.78 is 43.3. The lowest BCUT2D eigenvalue weighted by Crippen LogP contribution is -2.39. The van der Waals surface area contributed by atoms with Crippen molar-refractivity contribution in [2.45, 2.75) is 43.2 Å². The first-order valence-corrected chi connectivity index (χ1v) is 9.95. The van der Waals surface area contributed by atoms with E-state index in [9.17, 15) is 12.8 Å². The first kappa shape index (κ1) is 19.3. The molecule has 2 fully saturated rings. The highest BCUT2D eigenvalue weighted by molar-refractivity contribution is 7.89. The maximum absolute atomic E-state index is 14.5. The summed E-state index contributed by atoms with van der Waals surface area (Å²) in [7, 11) is -3.70. The van der Waals surface area contributed by atoms with Crippen molar-refractivity contribution in [3.63, 3.8) is 0 Å². The minimum absolute atomic E-state index is 0. The summed E-state index contributed by atoms with van der Waals surface area (Å²) in [5, 5.41) is 7.53. The standard InChI is InChI=1S/C17H21FN4O2S.ClH/c1-12-9-19-22(10-12)17-5-4-15(8-16(17)18)25(23,24)21-7-6-13-2-3-14(11-21)20-13;/h4-5,8-10,13-14,20H,2-3,6-7,11H2,1H3;1H. The number of fused-ring (bicyclic) bond motifs is 2. The largest absolute Gasteiger partial charge is 0.310 e. The second-order valence-electron chi connectivity index (χ2n) is 6.87. The molecule has 0 spiro atoms. The average Bonchev–Trinajstić information content (AvgIpc) is 3.12. The fraction of sp³-hybridized carbons (Fsp3) is 0.471. The van der Waals surface area contributed by atoms with Crippen molar-refractivity contribution >= 4 is 22.4 Å². The summed E-state index contributed by atoms with van der Waals surface area (Å²) in [5.74, 6) is -0.598. The number of sulfonamides is 1. The molecule has 142 valence electrons. The van der Waals surface area contributed by atoms with Gasteiger partial charge in [0.15, 0.2) is 0 Å². The molecule has 6 nitrogen and oxygen atoms in total. The molecule has 2 unspecified atom stereocenters. The van der Waals surface area contributed by atoms with Gasteiger partial charge in [0, 0.05) is 31.4 Å². The van der Waals surface area contributed by atoms with Crippen molar-refractivity contribution < 1.29 is 12.8 Å². The van der Waals surface area contributed by atoms with Crippen molar-refractivity contribution in [2.24, 2.45) is 0 Å². The van der Waals surface area contributed by atoms with Crippen LogP contribution < -0.4 is 5.32 Å². The number of rotatable bonds is 3. The van der Waals surface area contributed by atoms with Gasteiger partial charge in [-0.25, -0.2) is 17.5 Å². The Morgan fingerprint density at radius 1 is 1.23 bits per heavy atom. The molecule has 0 saturated carbocycles. The summed E-state index contributed by atoms with van der Waals surface area (Å²) in [6.07, 6.45) is 6.21. The van der Waals surface area contributed by atoms with E-state index in [1.54, 1.807) is 12.4 Å². The van der Waals surface area contributed by atoms with E-state index in [1.807, 2.05) is 6.92 Å². The van der Waals surface area contributed by atoms with Gasteiger partial charge in [-0.1, -0.05) is 0 Å². The van der Waals surface area contributed by atoms with Gasteiger partial charge in [-0.3, -0.25) is 0 Å². The number of hydrogen-bond donors (Lipinski definition) is 1. The van der Waals surface area contributed by atoms with Crippen molar-refractivity contribution in [1.82, 2.24) is 19.4 Å².